The number of nitroso groups, excluding NO2 is 1. The lowest BCUT2D eigenvalue weighted by Gasteiger charge is -2.07. The average Bonchev–Trinajstić information content (AvgIpc) is 2.04. The lowest BCUT2D eigenvalue weighted by Crippen LogP contribution is -2.25. The Balaban J connectivity index is 2.54. The van der Waals surface area contributed by atoms with Crippen LogP contribution in [-0.2, 0) is 6.54 Å². The van der Waals surface area contributed by atoms with E-state index in [9.17, 15) is 9.70 Å². The van der Waals surface area contributed by atoms with Crippen molar-refractivity contribution in [2.75, 3.05) is 6.54 Å². The van der Waals surface area contributed by atoms with Crippen molar-refractivity contribution in [2.24, 2.45) is 0 Å². The first-order valence-corrected chi connectivity index (χ1v) is 3.80. The third-order valence-corrected chi connectivity index (χ3v) is 1.98. The van der Waals surface area contributed by atoms with E-state index in [1.807, 2.05) is 18.2 Å². The van der Waals surface area contributed by atoms with Gasteiger partial charge in [0.2, 0.25) is 12.3 Å². The van der Waals surface area contributed by atoms with Crippen LogP contribution in [0.2, 0.25) is 0 Å². The normalized spacial score (nSPS) is 16.0. The molecule has 60 valence electrons. The summed E-state index contributed by atoms with van der Waals surface area (Å²) < 4.78 is 0.782. The van der Waals surface area contributed by atoms with Gasteiger partial charge in [0.25, 0.3) is 6.54 Å². The van der Waals surface area contributed by atoms with Gasteiger partial charge < -0.3 is 0 Å². The Morgan fingerprint density at radius 2 is 1.92 bits per heavy atom. The lowest BCUT2D eigenvalue weighted by atomic mass is 10.0. The Morgan fingerprint density at radius 1 is 1.17 bits per heavy atom. The highest BCUT2D eigenvalue weighted by Crippen LogP contribution is 2.15. The van der Waals surface area contributed by atoms with Gasteiger partial charge in [-0.05, 0) is 0 Å². The lowest BCUT2D eigenvalue weighted by molar-refractivity contribution is -0.554. The highest BCUT2D eigenvalue weighted by atomic mass is 16.3. The highest BCUT2D eigenvalue weighted by Gasteiger charge is 2.27. The summed E-state index contributed by atoms with van der Waals surface area (Å²) in [6, 6.07) is 7.24. The second-order valence-electron chi connectivity index (χ2n) is 2.88. The van der Waals surface area contributed by atoms with Gasteiger partial charge >= 0.3 is 0 Å². The molecule has 1 aliphatic rings. The van der Waals surface area contributed by atoms with Crippen LogP contribution in [0.5, 0.6) is 0 Å². The minimum atomic E-state index is -0.0770. The summed E-state index contributed by atoms with van der Waals surface area (Å²) in [4.78, 5) is 22.2. The number of fused-ring (bicyclic) bond motifs is 1. The fraction of sp³-hybridized carbons (Fsp3) is 0.222. The first-order chi connectivity index (χ1) is 5.77. The number of hydrogen-bond donors (Lipinski definition) is 0. The van der Waals surface area contributed by atoms with Gasteiger partial charge in [-0.1, -0.05) is 24.3 Å². The van der Waals surface area contributed by atoms with Crippen molar-refractivity contribution in [1.29, 1.82) is 0 Å². The topological polar surface area (TPSA) is 37.1 Å². The fourth-order valence-corrected chi connectivity index (χ4v) is 1.42. The summed E-state index contributed by atoms with van der Waals surface area (Å²) in [5.41, 5.74) is 1.54. The number of rotatable bonds is 0. The number of benzene rings is 1. The van der Waals surface area contributed by atoms with Crippen molar-refractivity contribution >= 4 is 5.78 Å². The van der Waals surface area contributed by atoms with Gasteiger partial charge in [0, 0.05) is 20.8 Å². The van der Waals surface area contributed by atoms with Gasteiger partial charge in [-0.25, -0.2) is 0 Å². The molecule has 0 N–H and O–H groups in total. The van der Waals surface area contributed by atoms with Crippen LogP contribution in [0.1, 0.15) is 15.9 Å². The molecule has 0 radical (unpaired) electrons. The van der Waals surface area contributed by atoms with Crippen LogP contribution in [0, 0.1) is 4.91 Å². The number of nitrogens with zero attached hydrogens (tertiary/aromatic N) is 1. The van der Waals surface area contributed by atoms with E-state index in [1.54, 1.807) is 6.07 Å². The molecule has 1 aromatic rings. The maximum atomic E-state index is 11.3. The van der Waals surface area contributed by atoms with Crippen molar-refractivity contribution in [3.05, 3.63) is 40.3 Å². The Labute approximate surface area is 69.6 Å². The molecule has 1 aliphatic heterocycles. The van der Waals surface area contributed by atoms with Crippen LogP contribution in [0.4, 0.5) is 0 Å². The molecule has 0 fully saturated rings. The summed E-state index contributed by atoms with van der Waals surface area (Å²) in [6.45, 7) is 0.332. The largest absolute Gasteiger partial charge is 0.287 e. The minimum Gasteiger partial charge on any atom is -0.287 e. The van der Waals surface area contributed by atoms with Gasteiger partial charge in [-0.3, -0.25) is 4.79 Å². The SMILES string of the molecule is O=C1C[N+](=O)Cc2ccccc21. The zero-order chi connectivity index (χ0) is 8.55. The van der Waals surface area contributed by atoms with Crippen molar-refractivity contribution < 1.29 is 9.55 Å². The van der Waals surface area contributed by atoms with E-state index < -0.39 is 0 Å². The van der Waals surface area contributed by atoms with Crippen molar-refractivity contribution in [2.45, 2.75) is 6.54 Å². The number of carbonyl (C=O) groups is 1. The Hall–Kier alpha value is -1.51. The third kappa shape index (κ3) is 1.03. The summed E-state index contributed by atoms with van der Waals surface area (Å²) in [7, 11) is 0. The second-order valence-corrected chi connectivity index (χ2v) is 2.88. The predicted molar refractivity (Wildman–Crippen MR) is 43.0 cm³/mol. The predicted octanol–water partition coefficient (Wildman–Crippen LogP) is 1.16. The van der Waals surface area contributed by atoms with Gasteiger partial charge in [0.05, 0.1) is 0 Å². The van der Waals surface area contributed by atoms with E-state index in [4.69, 9.17) is 0 Å². The van der Waals surface area contributed by atoms with E-state index in [0.717, 1.165) is 10.3 Å². The van der Waals surface area contributed by atoms with Crippen LogP contribution < -0.4 is 0 Å². The highest BCUT2D eigenvalue weighted by molar-refractivity contribution is 5.98. The van der Waals surface area contributed by atoms with Crippen LogP contribution in [0.3, 0.4) is 0 Å². The van der Waals surface area contributed by atoms with Gasteiger partial charge in [-0.2, -0.15) is 0 Å². The molecule has 0 spiro atoms. The minimum absolute atomic E-state index is 0.00296. The molecule has 0 unspecified atom stereocenters. The molecule has 0 atom stereocenters. The number of ketones is 1. The molecule has 1 aromatic carbocycles. The molecular formula is C9H8NO2+. The first-order valence-electron chi connectivity index (χ1n) is 3.80. The van der Waals surface area contributed by atoms with Gasteiger partial charge in [0.15, 0.2) is 0 Å². The molecule has 1 heterocycles. The Morgan fingerprint density at radius 3 is 2.75 bits per heavy atom. The molecule has 0 amide bonds. The van der Waals surface area contributed by atoms with Crippen LogP contribution in [-0.4, -0.2) is 17.1 Å². The molecule has 0 aliphatic carbocycles. The molecule has 0 bridgehead atoms. The van der Waals surface area contributed by atoms with Gasteiger partial charge in [0.1, 0.15) is 0 Å². The molecule has 12 heavy (non-hydrogen) atoms. The molecule has 0 saturated heterocycles. The van der Waals surface area contributed by atoms with E-state index in [1.165, 1.54) is 0 Å². The number of carbonyl (C=O) groups excluding carboxylic acids is 1. The molecule has 2 rings (SSSR count). The maximum Gasteiger partial charge on any atom is 0.254 e. The fourth-order valence-electron chi connectivity index (χ4n) is 1.42. The second kappa shape index (κ2) is 2.52. The van der Waals surface area contributed by atoms with Crippen LogP contribution in [0.25, 0.3) is 0 Å². The summed E-state index contributed by atoms with van der Waals surface area (Å²) in [5, 5.41) is 0. The van der Waals surface area contributed by atoms with Crippen LogP contribution >= 0.6 is 0 Å². The molecule has 0 aromatic heterocycles. The van der Waals surface area contributed by atoms with Gasteiger partial charge in [-0.15, -0.1) is 0 Å². The van der Waals surface area contributed by atoms with Crippen molar-refractivity contribution in [3.63, 3.8) is 0 Å². The zero-order valence-corrected chi connectivity index (χ0v) is 6.49. The summed E-state index contributed by atoms with van der Waals surface area (Å²) in [5.74, 6) is -0.0770. The average molecular weight is 162 g/mol. The van der Waals surface area contributed by atoms with Crippen molar-refractivity contribution in [3.8, 4) is 0 Å². The smallest absolute Gasteiger partial charge is 0.254 e. The van der Waals surface area contributed by atoms with Crippen LogP contribution in [0.15, 0.2) is 24.3 Å². The Bertz CT molecular complexity index is 357. The van der Waals surface area contributed by atoms with E-state index in [0.29, 0.717) is 12.1 Å². The van der Waals surface area contributed by atoms with E-state index in [-0.39, 0.29) is 12.3 Å². The van der Waals surface area contributed by atoms with E-state index >= 15 is 0 Å². The monoisotopic (exact) mass is 162 g/mol. The number of hydrogen-bond acceptors (Lipinski definition) is 2. The summed E-state index contributed by atoms with van der Waals surface area (Å²) >= 11 is 0. The maximum absolute atomic E-state index is 11.3. The molecule has 3 nitrogen and oxygen atoms in total. The molecule has 3 heteroatoms. The Kier molecular flexibility index (Phi) is 1.50. The quantitative estimate of drug-likeness (QED) is 0.537. The summed E-state index contributed by atoms with van der Waals surface area (Å²) in [6.07, 6.45) is 0. The van der Waals surface area contributed by atoms with Crippen molar-refractivity contribution in [1.82, 2.24) is 0 Å². The number of Topliss-reactive ketones (excluding diaryl/α,β-unsaturated/α-hetero) is 1. The molecule has 0 saturated carbocycles. The first kappa shape index (κ1) is 7.16. The molecular weight excluding hydrogens is 154 g/mol. The van der Waals surface area contributed by atoms with E-state index in [2.05, 4.69) is 0 Å². The standard InChI is InChI=1S/C9H8NO2/c11-9-6-10(12)5-7-3-1-2-4-8(7)9/h1-4H,5-6H2/q+1. The zero-order valence-electron chi connectivity index (χ0n) is 6.49. The third-order valence-electron chi connectivity index (χ3n) is 1.98.